The fourth-order valence-corrected chi connectivity index (χ4v) is 1.26. The second kappa shape index (κ2) is 3.88. The molecular weight excluding hydrogens is 192 g/mol. The molecule has 1 N–H and O–H groups in total. The highest BCUT2D eigenvalue weighted by Gasteiger charge is 2.04. The zero-order chi connectivity index (χ0) is 10.7. The Morgan fingerprint density at radius 3 is 2.80 bits per heavy atom. The molecule has 1 aromatic heterocycles. The minimum Gasteiger partial charge on any atom is -0.478 e. The van der Waals surface area contributed by atoms with E-state index in [1.54, 1.807) is 42.9 Å². The van der Waals surface area contributed by atoms with Crippen molar-refractivity contribution in [3.63, 3.8) is 0 Å². The van der Waals surface area contributed by atoms with E-state index < -0.39 is 5.97 Å². The summed E-state index contributed by atoms with van der Waals surface area (Å²) in [7, 11) is 0. The molecule has 4 nitrogen and oxygen atoms in total. The van der Waals surface area contributed by atoms with Crippen LogP contribution in [0.15, 0.2) is 42.9 Å². The van der Waals surface area contributed by atoms with Crippen LogP contribution in [0, 0.1) is 0 Å². The lowest BCUT2D eigenvalue weighted by molar-refractivity contribution is 0.0697. The van der Waals surface area contributed by atoms with Gasteiger partial charge in [0, 0.05) is 18.0 Å². The maximum atomic E-state index is 10.7. The molecule has 0 spiro atoms. The Labute approximate surface area is 86.2 Å². The Bertz CT molecular complexity index is 483. The molecule has 2 aromatic rings. The number of nitrogens with zero attached hydrogens (tertiary/aromatic N) is 2. The summed E-state index contributed by atoms with van der Waals surface area (Å²) in [5.41, 5.74) is 1.67. The maximum Gasteiger partial charge on any atom is 0.335 e. The van der Waals surface area contributed by atoms with Crippen molar-refractivity contribution in [2.75, 3.05) is 0 Å². The molecule has 0 aliphatic heterocycles. The van der Waals surface area contributed by atoms with Crippen LogP contribution in [0.1, 0.15) is 10.4 Å². The van der Waals surface area contributed by atoms with Gasteiger partial charge in [-0.15, -0.1) is 0 Å². The van der Waals surface area contributed by atoms with Gasteiger partial charge in [-0.3, -0.25) is 9.97 Å². The molecule has 0 aliphatic rings. The number of hydrogen-bond donors (Lipinski definition) is 1. The van der Waals surface area contributed by atoms with Crippen LogP contribution in [0.4, 0.5) is 0 Å². The van der Waals surface area contributed by atoms with Crippen molar-refractivity contribution in [2.24, 2.45) is 0 Å². The second-order valence-corrected chi connectivity index (χ2v) is 2.98. The summed E-state index contributed by atoms with van der Waals surface area (Å²) in [6, 6.07) is 6.61. The van der Waals surface area contributed by atoms with Crippen LogP contribution in [0.2, 0.25) is 0 Å². The average Bonchev–Trinajstić information content (AvgIpc) is 2.30. The van der Waals surface area contributed by atoms with Crippen molar-refractivity contribution in [1.29, 1.82) is 0 Å². The summed E-state index contributed by atoms with van der Waals surface area (Å²) in [6.45, 7) is 0. The van der Waals surface area contributed by atoms with Gasteiger partial charge in [0.1, 0.15) is 0 Å². The molecule has 0 unspecified atom stereocenters. The zero-order valence-electron chi connectivity index (χ0n) is 7.79. The lowest BCUT2D eigenvalue weighted by Gasteiger charge is -2.00. The van der Waals surface area contributed by atoms with Gasteiger partial charge in [0.2, 0.25) is 0 Å². The Kier molecular flexibility index (Phi) is 2.41. The minimum absolute atomic E-state index is 0.248. The minimum atomic E-state index is -0.944. The molecule has 0 amide bonds. The van der Waals surface area contributed by atoms with E-state index in [1.165, 1.54) is 0 Å². The van der Waals surface area contributed by atoms with E-state index >= 15 is 0 Å². The van der Waals surface area contributed by atoms with Crippen molar-refractivity contribution in [1.82, 2.24) is 9.97 Å². The summed E-state index contributed by atoms with van der Waals surface area (Å²) in [5.74, 6) is -0.944. The molecule has 4 heteroatoms. The highest BCUT2D eigenvalue weighted by Crippen LogP contribution is 2.16. The molecule has 0 atom stereocenters. The first-order chi connectivity index (χ1) is 7.27. The molecular formula is C11H8N2O2. The highest BCUT2D eigenvalue weighted by molar-refractivity contribution is 5.89. The smallest absolute Gasteiger partial charge is 0.335 e. The van der Waals surface area contributed by atoms with Gasteiger partial charge in [-0.1, -0.05) is 12.1 Å². The SMILES string of the molecule is O=C(O)c1cccc(-c2cnccn2)c1. The summed E-state index contributed by atoms with van der Waals surface area (Å²) in [5, 5.41) is 8.82. The van der Waals surface area contributed by atoms with E-state index in [9.17, 15) is 4.79 Å². The van der Waals surface area contributed by atoms with Gasteiger partial charge in [-0.2, -0.15) is 0 Å². The zero-order valence-corrected chi connectivity index (χ0v) is 7.79. The fraction of sp³-hybridized carbons (Fsp3) is 0. The van der Waals surface area contributed by atoms with Gasteiger partial charge in [0.25, 0.3) is 0 Å². The van der Waals surface area contributed by atoms with Gasteiger partial charge < -0.3 is 5.11 Å². The molecule has 74 valence electrons. The largest absolute Gasteiger partial charge is 0.478 e. The molecule has 0 saturated heterocycles. The van der Waals surface area contributed by atoms with Crippen LogP contribution in [0.3, 0.4) is 0 Å². The van der Waals surface area contributed by atoms with Crippen LogP contribution in [0.25, 0.3) is 11.3 Å². The van der Waals surface area contributed by atoms with E-state index in [0.29, 0.717) is 5.69 Å². The Morgan fingerprint density at radius 2 is 2.13 bits per heavy atom. The van der Waals surface area contributed by atoms with E-state index in [0.717, 1.165) is 5.56 Å². The van der Waals surface area contributed by atoms with Crippen LogP contribution in [-0.2, 0) is 0 Å². The molecule has 2 rings (SSSR count). The first-order valence-corrected chi connectivity index (χ1v) is 4.37. The Balaban J connectivity index is 2.46. The monoisotopic (exact) mass is 200 g/mol. The molecule has 15 heavy (non-hydrogen) atoms. The third-order valence-electron chi connectivity index (χ3n) is 1.97. The maximum absolute atomic E-state index is 10.7. The van der Waals surface area contributed by atoms with E-state index in [-0.39, 0.29) is 5.56 Å². The van der Waals surface area contributed by atoms with E-state index in [2.05, 4.69) is 9.97 Å². The second-order valence-electron chi connectivity index (χ2n) is 2.98. The van der Waals surface area contributed by atoms with Gasteiger partial charge in [-0.05, 0) is 12.1 Å². The topological polar surface area (TPSA) is 63.1 Å². The van der Waals surface area contributed by atoms with Gasteiger partial charge in [0.05, 0.1) is 17.5 Å². The van der Waals surface area contributed by atoms with Crippen molar-refractivity contribution >= 4 is 5.97 Å². The summed E-state index contributed by atoms with van der Waals surface area (Å²) in [4.78, 5) is 18.8. The Hall–Kier alpha value is -2.23. The molecule has 1 aromatic carbocycles. The number of aromatic carboxylic acids is 1. The number of aromatic nitrogens is 2. The van der Waals surface area contributed by atoms with Crippen LogP contribution < -0.4 is 0 Å². The number of hydrogen-bond acceptors (Lipinski definition) is 3. The number of benzene rings is 1. The van der Waals surface area contributed by atoms with Gasteiger partial charge >= 0.3 is 5.97 Å². The predicted octanol–water partition coefficient (Wildman–Crippen LogP) is 1.84. The van der Waals surface area contributed by atoms with Crippen LogP contribution >= 0.6 is 0 Å². The van der Waals surface area contributed by atoms with Gasteiger partial charge in [-0.25, -0.2) is 4.79 Å². The molecule has 0 bridgehead atoms. The molecule has 1 heterocycles. The number of carbonyl (C=O) groups is 1. The van der Waals surface area contributed by atoms with Crippen LogP contribution in [-0.4, -0.2) is 21.0 Å². The molecule has 0 fully saturated rings. The summed E-state index contributed by atoms with van der Waals surface area (Å²) < 4.78 is 0. The average molecular weight is 200 g/mol. The molecule has 0 saturated carbocycles. The first kappa shape index (κ1) is 9.33. The van der Waals surface area contributed by atoms with E-state index in [1.807, 2.05) is 0 Å². The van der Waals surface area contributed by atoms with Crippen LogP contribution in [0.5, 0.6) is 0 Å². The normalized spacial score (nSPS) is 9.87. The fourth-order valence-electron chi connectivity index (χ4n) is 1.26. The number of carboxylic acid groups (broad SMARTS) is 1. The molecule has 0 aliphatic carbocycles. The highest BCUT2D eigenvalue weighted by atomic mass is 16.4. The number of rotatable bonds is 2. The third-order valence-corrected chi connectivity index (χ3v) is 1.97. The van der Waals surface area contributed by atoms with Crippen molar-refractivity contribution in [3.8, 4) is 11.3 Å². The quantitative estimate of drug-likeness (QED) is 0.803. The van der Waals surface area contributed by atoms with Crippen molar-refractivity contribution in [3.05, 3.63) is 48.4 Å². The predicted molar refractivity (Wildman–Crippen MR) is 54.4 cm³/mol. The molecule has 0 radical (unpaired) electrons. The van der Waals surface area contributed by atoms with Gasteiger partial charge in [0.15, 0.2) is 0 Å². The summed E-state index contributed by atoms with van der Waals surface area (Å²) >= 11 is 0. The van der Waals surface area contributed by atoms with Crippen molar-refractivity contribution < 1.29 is 9.90 Å². The Morgan fingerprint density at radius 1 is 1.27 bits per heavy atom. The first-order valence-electron chi connectivity index (χ1n) is 4.37. The lowest BCUT2D eigenvalue weighted by atomic mass is 10.1. The third kappa shape index (κ3) is 1.99. The van der Waals surface area contributed by atoms with Crippen molar-refractivity contribution in [2.45, 2.75) is 0 Å². The van der Waals surface area contributed by atoms with E-state index in [4.69, 9.17) is 5.11 Å². The standard InChI is InChI=1S/C11H8N2O2/c14-11(15)9-3-1-2-8(6-9)10-7-12-4-5-13-10/h1-7H,(H,14,15). The number of carboxylic acids is 1. The summed E-state index contributed by atoms with van der Waals surface area (Å²) in [6.07, 6.45) is 4.74. The lowest BCUT2D eigenvalue weighted by Crippen LogP contribution is -1.96.